The summed E-state index contributed by atoms with van der Waals surface area (Å²) >= 11 is 0. The van der Waals surface area contributed by atoms with Crippen molar-refractivity contribution in [2.45, 2.75) is 26.7 Å². The predicted molar refractivity (Wildman–Crippen MR) is 90.3 cm³/mol. The van der Waals surface area contributed by atoms with Gasteiger partial charge >= 0.3 is 0 Å². The van der Waals surface area contributed by atoms with Crippen molar-refractivity contribution in [3.63, 3.8) is 0 Å². The molecule has 0 fully saturated rings. The van der Waals surface area contributed by atoms with Crippen LogP contribution in [0.3, 0.4) is 0 Å². The van der Waals surface area contributed by atoms with Crippen LogP contribution >= 0.6 is 0 Å². The molecule has 1 heterocycles. The molecular formula is C17H20N4O2. The molecular weight excluding hydrogens is 292 g/mol. The second-order valence-electron chi connectivity index (χ2n) is 5.29. The first-order chi connectivity index (χ1) is 11.0. The highest BCUT2D eigenvalue weighted by Gasteiger charge is 2.08. The van der Waals surface area contributed by atoms with E-state index in [9.17, 15) is 9.59 Å². The molecule has 1 aromatic heterocycles. The number of rotatable bonds is 6. The summed E-state index contributed by atoms with van der Waals surface area (Å²) in [6.45, 7) is 3.89. The van der Waals surface area contributed by atoms with Gasteiger partial charge in [0.1, 0.15) is 0 Å². The van der Waals surface area contributed by atoms with Crippen LogP contribution in [-0.2, 0) is 9.59 Å². The lowest BCUT2D eigenvalue weighted by Crippen LogP contribution is -2.21. The summed E-state index contributed by atoms with van der Waals surface area (Å²) in [7, 11) is 0. The second-order valence-corrected chi connectivity index (χ2v) is 5.29. The Morgan fingerprint density at radius 2 is 1.96 bits per heavy atom. The Labute approximate surface area is 135 Å². The summed E-state index contributed by atoms with van der Waals surface area (Å²) in [6, 6.07) is 9.51. The molecule has 2 rings (SSSR count). The van der Waals surface area contributed by atoms with Crippen molar-refractivity contribution in [3.05, 3.63) is 53.3 Å². The largest absolute Gasteiger partial charge is 0.360 e. The number of hydrogen-bond donors (Lipinski definition) is 3. The number of anilines is 1. The molecule has 0 unspecified atom stereocenters. The number of amides is 2. The van der Waals surface area contributed by atoms with Crippen LogP contribution in [-0.4, -0.2) is 23.0 Å². The normalized spacial score (nSPS) is 10.7. The average Bonchev–Trinajstić information content (AvgIpc) is 3.02. The van der Waals surface area contributed by atoms with E-state index in [1.54, 1.807) is 6.20 Å². The first-order valence-corrected chi connectivity index (χ1v) is 7.37. The van der Waals surface area contributed by atoms with Crippen molar-refractivity contribution < 1.29 is 9.59 Å². The van der Waals surface area contributed by atoms with E-state index in [1.165, 1.54) is 6.21 Å². The quantitative estimate of drug-likeness (QED) is 0.565. The zero-order valence-electron chi connectivity index (χ0n) is 13.2. The van der Waals surface area contributed by atoms with Crippen molar-refractivity contribution >= 4 is 23.7 Å². The molecule has 0 saturated heterocycles. The minimum absolute atomic E-state index is 0.0821. The summed E-state index contributed by atoms with van der Waals surface area (Å²) < 4.78 is 0. The number of hydrazone groups is 1. The summed E-state index contributed by atoms with van der Waals surface area (Å²) in [5.41, 5.74) is 6.02. The second kappa shape index (κ2) is 7.93. The average molecular weight is 312 g/mol. The van der Waals surface area contributed by atoms with Crippen LogP contribution in [0.25, 0.3) is 0 Å². The van der Waals surface area contributed by atoms with Crippen molar-refractivity contribution in [3.8, 4) is 0 Å². The lowest BCUT2D eigenvalue weighted by Gasteiger charge is -2.09. The number of H-pyrrole nitrogens is 1. The number of carbonyl (C=O) groups is 2. The molecule has 0 bridgehead atoms. The van der Waals surface area contributed by atoms with E-state index in [0.29, 0.717) is 0 Å². The number of carbonyl (C=O) groups excluding carboxylic acids is 2. The number of nitrogens with zero attached hydrogens (tertiary/aromatic N) is 1. The van der Waals surface area contributed by atoms with Gasteiger partial charge in [0.05, 0.1) is 11.9 Å². The van der Waals surface area contributed by atoms with Crippen molar-refractivity contribution in [2.24, 2.45) is 5.10 Å². The summed E-state index contributed by atoms with van der Waals surface area (Å²) in [5.74, 6) is -0.494. The number of aromatic nitrogens is 1. The zero-order valence-corrected chi connectivity index (χ0v) is 13.2. The Bertz CT molecular complexity index is 705. The lowest BCUT2D eigenvalue weighted by atomic mass is 10.1. The molecule has 120 valence electrons. The van der Waals surface area contributed by atoms with Crippen LogP contribution < -0.4 is 10.7 Å². The fourth-order valence-corrected chi connectivity index (χ4v) is 1.96. The molecule has 2 amide bonds. The van der Waals surface area contributed by atoms with Crippen LogP contribution in [0.5, 0.6) is 0 Å². The molecule has 6 nitrogen and oxygen atoms in total. The highest BCUT2D eigenvalue weighted by Crippen LogP contribution is 2.16. The third-order valence-corrected chi connectivity index (χ3v) is 3.26. The number of aryl methyl sites for hydroxylation is 2. The molecule has 0 aliphatic rings. The Morgan fingerprint density at radius 3 is 2.70 bits per heavy atom. The van der Waals surface area contributed by atoms with Gasteiger partial charge in [0, 0.05) is 24.7 Å². The first-order valence-electron chi connectivity index (χ1n) is 7.37. The van der Waals surface area contributed by atoms with Crippen LogP contribution in [0.2, 0.25) is 0 Å². The Morgan fingerprint density at radius 1 is 1.17 bits per heavy atom. The van der Waals surface area contributed by atoms with Crippen LogP contribution in [0.15, 0.2) is 41.6 Å². The Kier molecular flexibility index (Phi) is 5.68. The maximum absolute atomic E-state index is 11.9. The van der Waals surface area contributed by atoms with Crippen LogP contribution in [0.4, 0.5) is 5.69 Å². The summed E-state index contributed by atoms with van der Waals surface area (Å²) in [6.07, 6.45) is 3.46. The van der Waals surface area contributed by atoms with Gasteiger partial charge in [-0.15, -0.1) is 0 Å². The lowest BCUT2D eigenvalue weighted by molar-refractivity contribution is -0.124. The molecule has 0 radical (unpaired) electrons. The highest BCUT2D eigenvalue weighted by atomic mass is 16.2. The molecule has 3 N–H and O–H groups in total. The minimum Gasteiger partial charge on any atom is -0.360 e. The molecule has 2 aromatic rings. The van der Waals surface area contributed by atoms with E-state index in [0.717, 1.165) is 22.5 Å². The monoisotopic (exact) mass is 312 g/mol. The van der Waals surface area contributed by atoms with Gasteiger partial charge in [-0.1, -0.05) is 12.1 Å². The van der Waals surface area contributed by atoms with E-state index < -0.39 is 0 Å². The Hall–Kier alpha value is -2.89. The SMILES string of the molecule is Cc1ccc(C)c(NC(=O)CCC(=O)N/N=C\c2ccc[nH]2)c1. The van der Waals surface area contributed by atoms with Crippen molar-refractivity contribution in [2.75, 3.05) is 5.32 Å². The van der Waals surface area contributed by atoms with Gasteiger partial charge in [-0.25, -0.2) is 5.43 Å². The van der Waals surface area contributed by atoms with E-state index >= 15 is 0 Å². The standard InChI is InChI=1S/C17H20N4O2/c1-12-5-6-13(2)15(10-12)20-16(22)7-8-17(23)21-19-11-14-4-3-9-18-14/h3-6,9-11,18H,7-8H2,1-2H3,(H,20,22)(H,21,23)/b19-11-. The first kappa shape index (κ1) is 16.5. The zero-order chi connectivity index (χ0) is 16.7. The minimum atomic E-state index is -0.302. The van der Waals surface area contributed by atoms with Gasteiger partial charge in [0.2, 0.25) is 11.8 Å². The van der Waals surface area contributed by atoms with E-state index in [1.807, 2.05) is 44.2 Å². The maximum Gasteiger partial charge on any atom is 0.240 e. The fourth-order valence-electron chi connectivity index (χ4n) is 1.96. The van der Waals surface area contributed by atoms with Crippen molar-refractivity contribution in [1.82, 2.24) is 10.4 Å². The smallest absolute Gasteiger partial charge is 0.240 e. The highest BCUT2D eigenvalue weighted by molar-refractivity contribution is 5.94. The third kappa shape index (κ3) is 5.43. The van der Waals surface area contributed by atoms with Gasteiger partial charge in [-0.3, -0.25) is 9.59 Å². The molecule has 23 heavy (non-hydrogen) atoms. The molecule has 0 spiro atoms. The fraction of sp³-hybridized carbons (Fsp3) is 0.235. The van der Waals surface area contributed by atoms with Gasteiger partial charge < -0.3 is 10.3 Å². The van der Waals surface area contributed by atoms with Crippen LogP contribution in [0, 0.1) is 13.8 Å². The van der Waals surface area contributed by atoms with Gasteiger partial charge in [0.25, 0.3) is 0 Å². The molecule has 1 aromatic carbocycles. The Balaban J connectivity index is 1.75. The van der Waals surface area contributed by atoms with E-state index in [2.05, 4.69) is 20.8 Å². The number of aromatic amines is 1. The summed E-state index contributed by atoms with van der Waals surface area (Å²) in [5, 5.41) is 6.64. The van der Waals surface area contributed by atoms with Gasteiger partial charge in [-0.05, 0) is 43.2 Å². The van der Waals surface area contributed by atoms with Crippen LogP contribution in [0.1, 0.15) is 29.7 Å². The summed E-state index contributed by atoms with van der Waals surface area (Å²) in [4.78, 5) is 26.5. The van der Waals surface area contributed by atoms with Gasteiger partial charge in [-0.2, -0.15) is 5.10 Å². The predicted octanol–water partition coefficient (Wildman–Crippen LogP) is 2.50. The topological polar surface area (TPSA) is 86.3 Å². The molecule has 0 aliphatic heterocycles. The molecule has 0 atom stereocenters. The molecule has 0 saturated carbocycles. The number of benzene rings is 1. The van der Waals surface area contributed by atoms with Gasteiger partial charge in [0.15, 0.2) is 0 Å². The molecule has 6 heteroatoms. The number of nitrogens with one attached hydrogen (secondary N) is 3. The van der Waals surface area contributed by atoms with E-state index in [4.69, 9.17) is 0 Å². The third-order valence-electron chi connectivity index (χ3n) is 3.26. The number of hydrogen-bond acceptors (Lipinski definition) is 3. The maximum atomic E-state index is 11.9. The van der Waals surface area contributed by atoms with Crippen molar-refractivity contribution in [1.29, 1.82) is 0 Å². The van der Waals surface area contributed by atoms with E-state index in [-0.39, 0.29) is 24.7 Å². The molecule has 0 aliphatic carbocycles.